The van der Waals surface area contributed by atoms with E-state index >= 15 is 0 Å². The summed E-state index contributed by atoms with van der Waals surface area (Å²) >= 11 is 1.42. The van der Waals surface area contributed by atoms with Crippen LogP contribution in [0, 0.1) is 13.8 Å². The van der Waals surface area contributed by atoms with E-state index in [1.807, 2.05) is 29.6 Å². The van der Waals surface area contributed by atoms with E-state index in [1.54, 1.807) is 7.11 Å². The second kappa shape index (κ2) is 8.68. The first-order chi connectivity index (χ1) is 13.0. The summed E-state index contributed by atoms with van der Waals surface area (Å²) in [5.74, 6) is 0.827. The molecule has 6 heteroatoms. The van der Waals surface area contributed by atoms with E-state index in [0.717, 1.165) is 29.0 Å². The molecular formula is C21H23N3O2S. The molecule has 0 fully saturated rings. The fraction of sp³-hybridized carbons (Fsp3) is 0.238. The Morgan fingerprint density at radius 2 is 1.93 bits per heavy atom. The van der Waals surface area contributed by atoms with Crippen LogP contribution in [-0.4, -0.2) is 24.7 Å². The molecule has 3 rings (SSSR count). The highest BCUT2D eigenvalue weighted by Crippen LogP contribution is 2.28. The quantitative estimate of drug-likeness (QED) is 0.645. The van der Waals surface area contributed by atoms with Gasteiger partial charge >= 0.3 is 6.03 Å². The first-order valence-electron chi connectivity index (χ1n) is 8.76. The number of benzene rings is 2. The molecule has 0 spiro atoms. The number of methoxy groups -OCH3 is 1. The standard InChI is InChI=1S/C21H23N3O2S/c1-14-4-5-15(2)18(12-14)19-13-27-21(23-19)24-20(25)22-11-10-16-6-8-17(26-3)9-7-16/h4-9,12-13H,10-11H2,1-3H3,(H2,22,23,24,25). The predicted molar refractivity (Wildman–Crippen MR) is 111 cm³/mol. The number of urea groups is 1. The van der Waals surface area contributed by atoms with Gasteiger partial charge in [0.05, 0.1) is 12.8 Å². The number of nitrogens with zero attached hydrogens (tertiary/aromatic N) is 1. The van der Waals surface area contributed by atoms with Crippen LogP contribution in [0.25, 0.3) is 11.3 Å². The van der Waals surface area contributed by atoms with E-state index in [2.05, 4.69) is 47.7 Å². The molecule has 0 aliphatic carbocycles. The normalized spacial score (nSPS) is 10.5. The minimum atomic E-state index is -0.245. The van der Waals surface area contributed by atoms with Gasteiger partial charge < -0.3 is 10.1 Å². The summed E-state index contributed by atoms with van der Waals surface area (Å²) in [6, 6.07) is 13.9. The van der Waals surface area contributed by atoms with Crippen molar-refractivity contribution in [3.05, 3.63) is 64.5 Å². The highest BCUT2D eigenvalue weighted by atomic mass is 32.1. The van der Waals surface area contributed by atoms with Crippen LogP contribution >= 0.6 is 11.3 Å². The first-order valence-corrected chi connectivity index (χ1v) is 9.64. The molecule has 0 radical (unpaired) electrons. The monoisotopic (exact) mass is 381 g/mol. The summed E-state index contributed by atoms with van der Waals surface area (Å²) in [6.07, 6.45) is 0.753. The van der Waals surface area contributed by atoms with Crippen molar-refractivity contribution in [3.63, 3.8) is 0 Å². The number of anilines is 1. The van der Waals surface area contributed by atoms with Crippen molar-refractivity contribution < 1.29 is 9.53 Å². The molecule has 0 unspecified atom stereocenters. The van der Waals surface area contributed by atoms with Gasteiger partial charge in [-0.05, 0) is 49.6 Å². The average Bonchev–Trinajstić information content (AvgIpc) is 3.12. The zero-order chi connectivity index (χ0) is 19.2. The molecule has 2 N–H and O–H groups in total. The number of thiazole rings is 1. The lowest BCUT2D eigenvalue weighted by Gasteiger charge is -2.06. The molecule has 0 saturated heterocycles. The summed E-state index contributed by atoms with van der Waals surface area (Å²) in [4.78, 5) is 16.6. The summed E-state index contributed by atoms with van der Waals surface area (Å²) in [6.45, 7) is 4.67. The van der Waals surface area contributed by atoms with Crippen LogP contribution < -0.4 is 15.4 Å². The third-order valence-electron chi connectivity index (χ3n) is 4.25. The number of hydrogen-bond acceptors (Lipinski definition) is 4. The smallest absolute Gasteiger partial charge is 0.321 e. The van der Waals surface area contributed by atoms with Crippen LogP contribution in [-0.2, 0) is 6.42 Å². The largest absolute Gasteiger partial charge is 0.497 e. The lowest BCUT2D eigenvalue weighted by atomic mass is 10.0. The maximum atomic E-state index is 12.1. The SMILES string of the molecule is COc1ccc(CCNC(=O)Nc2nc(-c3cc(C)ccc3C)cs2)cc1. The zero-order valence-electron chi connectivity index (χ0n) is 15.7. The van der Waals surface area contributed by atoms with E-state index in [1.165, 1.54) is 22.5 Å². The van der Waals surface area contributed by atoms with Crippen LogP contribution in [0.15, 0.2) is 47.8 Å². The van der Waals surface area contributed by atoms with Gasteiger partial charge in [0.15, 0.2) is 5.13 Å². The Morgan fingerprint density at radius 3 is 2.67 bits per heavy atom. The molecule has 0 aliphatic heterocycles. The Kier molecular flexibility index (Phi) is 6.08. The number of aryl methyl sites for hydroxylation is 2. The first kappa shape index (κ1) is 18.9. The van der Waals surface area contributed by atoms with Crippen molar-refractivity contribution in [1.82, 2.24) is 10.3 Å². The molecular weight excluding hydrogens is 358 g/mol. The molecule has 2 aromatic carbocycles. The molecule has 5 nitrogen and oxygen atoms in total. The lowest BCUT2D eigenvalue weighted by Crippen LogP contribution is -2.30. The summed E-state index contributed by atoms with van der Waals surface area (Å²) in [5, 5.41) is 8.23. The number of aromatic nitrogens is 1. The summed E-state index contributed by atoms with van der Waals surface area (Å²) in [7, 11) is 1.64. The van der Waals surface area contributed by atoms with E-state index in [-0.39, 0.29) is 6.03 Å². The molecule has 2 amide bonds. The second-order valence-electron chi connectivity index (χ2n) is 6.34. The number of carbonyl (C=O) groups is 1. The van der Waals surface area contributed by atoms with Crippen molar-refractivity contribution in [2.45, 2.75) is 20.3 Å². The number of carbonyl (C=O) groups excluding carboxylic acids is 1. The molecule has 0 aliphatic rings. The maximum absolute atomic E-state index is 12.1. The fourth-order valence-electron chi connectivity index (χ4n) is 2.72. The van der Waals surface area contributed by atoms with Crippen LogP contribution in [0.2, 0.25) is 0 Å². The van der Waals surface area contributed by atoms with Gasteiger partial charge in [-0.2, -0.15) is 0 Å². The van der Waals surface area contributed by atoms with Crippen molar-refractivity contribution >= 4 is 22.5 Å². The minimum absolute atomic E-state index is 0.245. The van der Waals surface area contributed by atoms with Gasteiger partial charge in [-0.1, -0.05) is 29.8 Å². The highest BCUT2D eigenvalue weighted by molar-refractivity contribution is 7.14. The minimum Gasteiger partial charge on any atom is -0.497 e. The third kappa shape index (κ3) is 5.08. The Labute approximate surface area is 163 Å². The molecule has 1 aromatic heterocycles. The van der Waals surface area contributed by atoms with Crippen LogP contribution in [0.5, 0.6) is 5.75 Å². The lowest BCUT2D eigenvalue weighted by molar-refractivity contribution is 0.252. The highest BCUT2D eigenvalue weighted by Gasteiger charge is 2.10. The number of nitrogens with one attached hydrogen (secondary N) is 2. The predicted octanol–water partition coefficient (Wildman–Crippen LogP) is 4.80. The van der Waals surface area contributed by atoms with Crippen LogP contribution in [0.4, 0.5) is 9.93 Å². The van der Waals surface area contributed by atoms with Gasteiger partial charge in [-0.25, -0.2) is 9.78 Å². The van der Waals surface area contributed by atoms with E-state index in [0.29, 0.717) is 11.7 Å². The van der Waals surface area contributed by atoms with Gasteiger partial charge in [0.25, 0.3) is 0 Å². The van der Waals surface area contributed by atoms with Gasteiger partial charge in [-0.15, -0.1) is 11.3 Å². The molecule has 0 saturated carbocycles. The molecule has 140 valence electrons. The molecule has 0 bridgehead atoms. The average molecular weight is 382 g/mol. The van der Waals surface area contributed by atoms with E-state index in [9.17, 15) is 4.79 Å². The fourth-order valence-corrected chi connectivity index (χ4v) is 3.43. The molecule has 27 heavy (non-hydrogen) atoms. The van der Waals surface area contributed by atoms with Crippen molar-refractivity contribution in [3.8, 4) is 17.0 Å². The molecule has 0 atom stereocenters. The van der Waals surface area contributed by atoms with Gasteiger partial charge in [0, 0.05) is 17.5 Å². The van der Waals surface area contributed by atoms with Gasteiger partial charge in [-0.3, -0.25) is 5.32 Å². The zero-order valence-corrected chi connectivity index (χ0v) is 16.5. The maximum Gasteiger partial charge on any atom is 0.321 e. The number of ether oxygens (including phenoxy) is 1. The van der Waals surface area contributed by atoms with E-state index in [4.69, 9.17) is 4.74 Å². The number of rotatable bonds is 6. The summed E-state index contributed by atoms with van der Waals surface area (Å²) in [5.41, 5.74) is 5.48. The number of hydrogen-bond donors (Lipinski definition) is 2. The van der Waals surface area contributed by atoms with Crippen molar-refractivity contribution in [2.24, 2.45) is 0 Å². The third-order valence-corrected chi connectivity index (χ3v) is 5.01. The second-order valence-corrected chi connectivity index (χ2v) is 7.19. The van der Waals surface area contributed by atoms with Crippen LogP contribution in [0.1, 0.15) is 16.7 Å². The van der Waals surface area contributed by atoms with Crippen molar-refractivity contribution in [1.29, 1.82) is 0 Å². The van der Waals surface area contributed by atoms with E-state index < -0.39 is 0 Å². The Bertz CT molecular complexity index is 919. The van der Waals surface area contributed by atoms with Gasteiger partial charge in [0.2, 0.25) is 0 Å². The van der Waals surface area contributed by atoms with Crippen molar-refractivity contribution in [2.75, 3.05) is 19.0 Å². The van der Waals surface area contributed by atoms with Gasteiger partial charge in [0.1, 0.15) is 5.75 Å². The molecule has 3 aromatic rings. The topological polar surface area (TPSA) is 63.2 Å². The Morgan fingerprint density at radius 1 is 1.15 bits per heavy atom. The Balaban J connectivity index is 1.52. The number of amides is 2. The summed E-state index contributed by atoms with van der Waals surface area (Å²) < 4.78 is 5.14. The van der Waals surface area contributed by atoms with Crippen LogP contribution in [0.3, 0.4) is 0 Å². The molecule has 1 heterocycles. The Hall–Kier alpha value is -2.86.